The smallest absolute Gasteiger partial charge is 0.241 e. The lowest BCUT2D eigenvalue weighted by atomic mass is 10.2. The molecule has 6 nitrogen and oxygen atoms in total. The first kappa shape index (κ1) is 8.66. The number of nitrogens with zero attached hydrogens (tertiary/aromatic N) is 4. The van der Waals surface area contributed by atoms with Gasteiger partial charge in [0.1, 0.15) is 11.0 Å². The normalized spacial score (nSPS) is 19.6. The molecule has 1 aliphatic heterocycles. The Bertz CT molecular complexity index is 461. The lowest BCUT2D eigenvalue weighted by Gasteiger charge is -2.22. The van der Waals surface area contributed by atoms with Crippen molar-refractivity contribution in [2.45, 2.75) is 12.5 Å². The van der Waals surface area contributed by atoms with Crippen LogP contribution in [0.3, 0.4) is 0 Å². The third-order valence-corrected chi connectivity index (χ3v) is 3.26. The Labute approximate surface area is 90.2 Å². The van der Waals surface area contributed by atoms with E-state index in [0.717, 1.165) is 23.9 Å². The molecule has 1 unspecified atom stereocenters. The number of thiazole rings is 1. The zero-order chi connectivity index (χ0) is 10.3. The van der Waals surface area contributed by atoms with Crippen LogP contribution in [0.25, 0.3) is 0 Å². The second kappa shape index (κ2) is 3.20. The molecule has 2 aromatic heterocycles. The van der Waals surface area contributed by atoms with E-state index in [2.05, 4.69) is 20.4 Å². The molecule has 0 bridgehead atoms. The van der Waals surface area contributed by atoms with Gasteiger partial charge in [0.2, 0.25) is 11.9 Å². The van der Waals surface area contributed by atoms with E-state index in [4.69, 9.17) is 5.73 Å². The van der Waals surface area contributed by atoms with Gasteiger partial charge in [-0.2, -0.15) is 4.98 Å². The van der Waals surface area contributed by atoms with Crippen molar-refractivity contribution in [3.8, 4) is 0 Å². The Morgan fingerprint density at radius 2 is 2.53 bits per heavy atom. The van der Waals surface area contributed by atoms with Crippen molar-refractivity contribution in [2.75, 3.05) is 17.6 Å². The molecule has 0 aliphatic carbocycles. The number of rotatable bonds is 1. The van der Waals surface area contributed by atoms with Gasteiger partial charge in [0.15, 0.2) is 0 Å². The summed E-state index contributed by atoms with van der Waals surface area (Å²) in [5, 5.41) is 10.4. The van der Waals surface area contributed by atoms with Gasteiger partial charge in [0, 0.05) is 18.1 Å². The lowest BCUT2D eigenvalue weighted by Crippen LogP contribution is -2.24. The first-order chi connectivity index (χ1) is 7.34. The van der Waals surface area contributed by atoms with Crippen molar-refractivity contribution in [3.05, 3.63) is 16.6 Å². The fraction of sp³-hybridized carbons (Fsp3) is 0.375. The van der Waals surface area contributed by atoms with Crippen molar-refractivity contribution < 1.29 is 0 Å². The quantitative estimate of drug-likeness (QED) is 0.743. The molecule has 0 radical (unpaired) electrons. The van der Waals surface area contributed by atoms with Crippen molar-refractivity contribution >= 4 is 23.2 Å². The SMILES string of the molecule is Nc1nc2n(n1)C(c1nccs1)CCN2. The van der Waals surface area contributed by atoms with Crippen LogP contribution in [0.5, 0.6) is 0 Å². The van der Waals surface area contributed by atoms with E-state index < -0.39 is 0 Å². The summed E-state index contributed by atoms with van der Waals surface area (Å²) < 4.78 is 1.82. The van der Waals surface area contributed by atoms with E-state index in [1.54, 1.807) is 11.3 Å². The number of hydrogen-bond donors (Lipinski definition) is 2. The summed E-state index contributed by atoms with van der Waals surface area (Å²) in [7, 11) is 0. The summed E-state index contributed by atoms with van der Waals surface area (Å²) in [6.07, 6.45) is 2.77. The zero-order valence-corrected chi connectivity index (χ0v) is 8.74. The molecule has 3 N–H and O–H groups in total. The van der Waals surface area contributed by atoms with Crippen LogP contribution in [0.1, 0.15) is 17.5 Å². The molecule has 1 atom stereocenters. The van der Waals surface area contributed by atoms with Crippen LogP contribution >= 0.6 is 11.3 Å². The molecule has 0 fully saturated rings. The first-order valence-corrected chi connectivity index (χ1v) is 5.58. The Hall–Kier alpha value is -1.63. The van der Waals surface area contributed by atoms with Crippen molar-refractivity contribution in [1.82, 2.24) is 19.7 Å². The number of anilines is 2. The molecule has 0 aromatic carbocycles. The largest absolute Gasteiger partial charge is 0.366 e. The van der Waals surface area contributed by atoms with Crippen LogP contribution in [0.2, 0.25) is 0 Å². The number of aromatic nitrogens is 4. The van der Waals surface area contributed by atoms with E-state index in [9.17, 15) is 0 Å². The molecule has 0 saturated heterocycles. The highest BCUT2D eigenvalue weighted by molar-refractivity contribution is 7.09. The molecule has 3 rings (SSSR count). The highest BCUT2D eigenvalue weighted by Gasteiger charge is 2.25. The topological polar surface area (TPSA) is 81.7 Å². The van der Waals surface area contributed by atoms with E-state index in [1.807, 2.05) is 16.3 Å². The minimum atomic E-state index is 0.172. The van der Waals surface area contributed by atoms with Gasteiger partial charge < -0.3 is 11.1 Å². The van der Waals surface area contributed by atoms with Gasteiger partial charge in [-0.05, 0) is 6.42 Å². The third kappa shape index (κ3) is 1.35. The summed E-state index contributed by atoms with van der Waals surface area (Å²) >= 11 is 1.63. The van der Waals surface area contributed by atoms with Crippen LogP contribution in [0, 0.1) is 0 Å². The summed E-state index contributed by atoms with van der Waals surface area (Å²) in [5.41, 5.74) is 5.57. The summed E-state index contributed by atoms with van der Waals surface area (Å²) in [6, 6.07) is 0.172. The fourth-order valence-corrected chi connectivity index (χ4v) is 2.51. The van der Waals surface area contributed by atoms with Crippen molar-refractivity contribution in [3.63, 3.8) is 0 Å². The van der Waals surface area contributed by atoms with Crippen LogP contribution < -0.4 is 11.1 Å². The number of hydrogen-bond acceptors (Lipinski definition) is 6. The van der Waals surface area contributed by atoms with Crippen molar-refractivity contribution in [2.24, 2.45) is 0 Å². The maximum atomic E-state index is 5.57. The lowest BCUT2D eigenvalue weighted by molar-refractivity contribution is 0.479. The number of nitrogen functional groups attached to an aromatic ring is 1. The Kier molecular flexibility index (Phi) is 1.84. The standard InChI is InChI=1S/C8H10N6S/c9-7-12-8-11-2-1-5(14(8)13-7)6-10-3-4-15-6/h3-5H,1-2H2,(H3,9,11,12,13). The summed E-state index contributed by atoms with van der Waals surface area (Å²) in [5.74, 6) is 1.04. The summed E-state index contributed by atoms with van der Waals surface area (Å²) in [6.45, 7) is 0.877. The maximum absolute atomic E-state index is 5.57. The molecule has 0 saturated carbocycles. The fourth-order valence-electron chi connectivity index (χ4n) is 1.75. The van der Waals surface area contributed by atoms with Gasteiger partial charge in [0.05, 0.1) is 0 Å². The van der Waals surface area contributed by atoms with E-state index in [1.165, 1.54) is 0 Å². The van der Waals surface area contributed by atoms with Gasteiger partial charge in [-0.3, -0.25) is 0 Å². The average molecular weight is 222 g/mol. The van der Waals surface area contributed by atoms with Gasteiger partial charge in [-0.1, -0.05) is 0 Å². The van der Waals surface area contributed by atoms with Crippen LogP contribution in [0.4, 0.5) is 11.9 Å². The van der Waals surface area contributed by atoms with Gasteiger partial charge in [-0.25, -0.2) is 9.67 Å². The highest BCUT2D eigenvalue weighted by atomic mass is 32.1. The second-order valence-electron chi connectivity index (χ2n) is 3.34. The minimum Gasteiger partial charge on any atom is -0.366 e. The summed E-state index contributed by atoms with van der Waals surface area (Å²) in [4.78, 5) is 8.42. The molecule has 7 heteroatoms. The molecule has 78 valence electrons. The van der Waals surface area contributed by atoms with Gasteiger partial charge in [0.25, 0.3) is 0 Å². The second-order valence-corrected chi connectivity index (χ2v) is 4.27. The Morgan fingerprint density at radius 3 is 3.33 bits per heavy atom. The maximum Gasteiger partial charge on any atom is 0.241 e. The van der Waals surface area contributed by atoms with Crippen LogP contribution in [-0.4, -0.2) is 26.3 Å². The molecular weight excluding hydrogens is 212 g/mol. The zero-order valence-electron chi connectivity index (χ0n) is 7.92. The molecule has 0 spiro atoms. The number of nitrogens with one attached hydrogen (secondary N) is 1. The predicted molar refractivity (Wildman–Crippen MR) is 57.8 cm³/mol. The van der Waals surface area contributed by atoms with E-state index in [0.29, 0.717) is 5.95 Å². The first-order valence-electron chi connectivity index (χ1n) is 4.70. The van der Waals surface area contributed by atoms with E-state index >= 15 is 0 Å². The molecule has 2 aromatic rings. The number of fused-ring (bicyclic) bond motifs is 1. The third-order valence-electron chi connectivity index (χ3n) is 2.38. The molecular formula is C8H10N6S. The van der Waals surface area contributed by atoms with Crippen LogP contribution in [-0.2, 0) is 0 Å². The number of nitrogens with two attached hydrogens (primary N) is 1. The van der Waals surface area contributed by atoms with E-state index in [-0.39, 0.29) is 6.04 Å². The Morgan fingerprint density at radius 1 is 1.60 bits per heavy atom. The molecule has 0 amide bonds. The van der Waals surface area contributed by atoms with Gasteiger partial charge in [-0.15, -0.1) is 16.4 Å². The predicted octanol–water partition coefficient (Wildman–Crippen LogP) is 0.722. The molecule has 1 aliphatic rings. The van der Waals surface area contributed by atoms with Gasteiger partial charge >= 0.3 is 0 Å². The average Bonchev–Trinajstić information content (AvgIpc) is 2.82. The van der Waals surface area contributed by atoms with Crippen molar-refractivity contribution in [1.29, 1.82) is 0 Å². The monoisotopic (exact) mass is 222 g/mol. The van der Waals surface area contributed by atoms with Crippen LogP contribution in [0.15, 0.2) is 11.6 Å². The minimum absolute atomic E-state index is 0.172. The molecule has 3 heterocycles. The molecule has 15 heavy (non-hydrogen) atoms. The Balaban J connectivity index is 2.06. The highest BCUT2D eigenvalue weighted by Crippen LogP contribution is 2.29.